The third kappa shape index (κ3) is 4.17. The van der Waals surface area contributed by atoms with Crippen LogP contribution in [0, 0.1) is 17.8 Å². The lowest BCUT2D eigenvalue weighted by Crippen LogP contribution is -2.64. The number of amides is 1. The summed E-state index contributed by atoms with van der Waals surface area (Å²) in [6.45, 7) is 3.60. The molecule has 0 atom stereocenters. The number of benzene rings is 2. The number of piperazine rings is 1. The van der Waals surface area contributed by atoms with Gasteiger partial charge in [0, 0.05) is 47.1 Å². The highest BCUT2D eigenvalue weighted by Crippen LogP contribution is 2.57. The smallest absolute Gasteiger partial charge is 0.254 e. The van der Waals surface area contributed by atoms with Gasteiger partial charge in [0.05, 0.1) is 23.9 Å². The number of carbonyl (C=O) groups is 1. The van der Waals surface area contributed by atoms with Crippen LogP contribution in [0.25, 0.3) is 22.2 Å². The van der Waals surface area contributed by atoms with Crippen LogP contribution in [0.3, 0.4) is 0 Å². The summed E-state index contributed by atoms with van der Waals surface area (Å²) < 4.78 is 6.28. The Hall–Kier alpha value is -2.44. The minimum atomic E-state index is 0.116. The minimum Gasteiger partial charge on any atom is -0.497 e. The molecular formula is C31H34BrN3O2. The van der Waals surface area contributed by atoms with E-state index in [-0.39, 0.29) is 5.91 Å². The Morgan fingerprint density at radius 1 is 0.919 bits per heavy atom. The Kier molecular flexibility index (Phi) is 5.81. The van der Waals surface area contributed by atoms with Crippen LogP contribution in [-0.4, -0.2) is 59.5 Å². The maximum Gasteiger partial charge on any atom is 0.254 e. The molecule has 1 aromatic heterocycles. The van der Waals surface area contributed by atoms with Gasteiger partial charge in [0.15, 0.2) is 0 Å². The number of carbonyl (C=O) groups excluding carboxylic acids is 1. The predicted octanol–water partition coefficient (Wildman–Crippen LogP) is 6.40. The molecule has 0 radical (unpaired) electrons. The summed E-state index contributed by atoms with van der Waals surface area (Å²) in [6.07, 6.45) is 8.58. The van der Waals surface area contributed by atoms with E-state index >= 15 is 0 Å². The fraction of sp³-hybridized carbons (Fsp3) is 0.484. The maximum absolute atomic E-state index is 14.0. The van der Waals surface area contributed by atoms with Crippen LogP contribution in [-0.2, 0) is 0 Å². The van der Waals surface area contributed by atoms with Crippen molar-refractivity contribution in [2.24, 2.45) is 17.8 Å². The molecule has 4 aliphatic carbocycles. The fourth-order valence-corrected chi connectivity index (χ4v) is 8.65. The fourth-order valence-electron chi connectivity index (χ4n) is 8.29. The van der Waals surface area contributed by atoms with Crippen molar-refractivity contribution in [3.63, 3.8) is 0 Å². The minimum absolute atomic E-state index is 0.116. The molecule has 1 saturated heterocycles. The lowest BCUT2D eigenvalue weighted by atomic mass is 9.52. The highest BCUT2D eigenvalue weighted by atomic mass is 79.9. The number of nitrogens with zero attached hydrogens (tertiary/aromatic N) is 3. The van der Waals surface area contributed by atoms with Crippen LogP contribution >= 0.6 is 15.9 Å². The summed E-state index contributed by atoms with van der Waals surface area (Å²) in [4.78, 5) is 23.8. The molecule has 5 fully saturated rings. The number of hydrogen-bond donors (Lipinski definition) is 0. The van der Waals surface area contributed by atoms with E-state index in [9.17, 15) is 4.79 Å². The highest BCUT2D eigenvalue weighted by molar-refractivity contribution is 9.10. The molecule has 1 amide bonds. The molecule has 3 aromatic rings. The van der Waals surface area contributed by atoms with Crippen molar-refractivity contribution in [2.75, 3.05) is 33.3 Å². The summed E-state index contributed by atoms with van der Waals surface area (Å²) in [5.41, 5.74) is 3.78. The van der Waals surface area contributed by atoms with E-state index in [4.69, 9.17) is 9.72 Å². The number of methoxy groups -OCH3 is 1. The summed E-state index contributed by atoms with van der Waals surface area (Å²) in [7, 11) is 1.67. The molecule has 2 aromatic carbocycles. The van der Waals surface area contributed by atoms with Gasteiger partial charge in [0.2, 0.25) is 0 Å². The summed E-state index contributed by atoms with van der Waals surface area (Å²) in [6, 6.07) is 15.9. The van der Waals surface area contributed by atoms with Gasteiger partial charge < -0.3 is 9.64 Å². The first kappa shape index (κ1) is 23.7. The molecule has 192 valence electrons. The van der Waals surface area contributed by atoms with Crippen molar-refractivity contribution >= 4 is 32.7 Å². The zero-order chi connectivity index (χ0) is 25.1. The lowest BCUT2D eigenvalue weighted by molar-refractivity contribution is -0.0987. The van der Waals surface area contributed by atoms with Crippen molar-refractivity contribution in [3.8, 4) is 17.0 Å². The van der Waals surface area contributed by atoms with Crippen molar-refractivity contribution < 1.29 is 9.53 Å². The molecule has 4 bridgehead atoms. The normalized spacial score (nSPS) is 29.1. The number of aromatic nitrogens is 1. The van der Waals surface area contributed by atoms with Crippen LogP contribution in [0.5, 0.6) is 5.75 Å². The quantitative estimate of drug-likeness (QED) is 0.371. The Balaban J connectivity index is 1.16. The zero-order valence-electron chi connectivity index (χ0n) is 21.5. The van der Waals surface area contributed by atoms with Crippen molar-refractivity contribution in [1.29, 1.82) is 0 Å². The monoisotopic (exact) mass is 559 g/mol. The number of pyridine rings is 1. The van der Waals surface area contributed by atoms with Crippen LogP contribution in [0.2, 0.25) is 0 Å². The highest BCUT2D eigenvalue weighted by Gasteiger charge is 2.53. The van der Waals surface area contributed by atoms with Gasteiger partial charge in [-0.15, -0.1) is 0 Å². The van der Waals surface area contributed by atoms with E-state index in [1.54, 1.807) is 7.11 Å². The van der Waals surface area contributed by atoms with Crippen LogP contribution in [0.4, 0.5) is 0 Å². The second kappa shape index (κ2) is 9.09. The standard InChI is InChI=1S/C31H34BrN3O2/c1-37-25-5-2-23(3-6-25)29-16-27(26-15-24(32)4-7-28(26)33-29)30(36)34-8-10-35(11-9-34)31-17-20-12-21(18-31)14-22(13-20)19-31/h2-7,15-16,20-22H,8-14,17-19H2,1H3. The molecule has 0 N–H and O–H groups in total. The van der Waals surface area contributed by atoms with E-state index in [1.165, 1.54) is 38.5 Å². The van der Waals surface area contributed by atoms with E-state index < -0.39 is 0 Å². The maximum atomic E-state index is 14.0. The third-order valence-electron chi connectivity index (χ3n) is 9.63. The van der Waals surface area contributed by atoms with Crippen LogP contribution < -0.4 is 4.74 Å². The molecule has 6 heteroatoms. The molecule has 5 nitrogen and oxygen atoms in total. The van der Waals surface area contributed by atoms with Gasteiger partial charge in [-0.05, 0) is 105 Å². The Morgan fingerprint density at radius 2 is 1.57 bits per heavy atom. The van der Waals surface area contributed by atoms with Crippen LogP contribution in [0.15, 0.2) is 53.0 Å². The number of rotatable bonds is 4. The Bertz CT molecular complexity index is 1310. The molecule has 4 saturated carbocycles. The molecular weight excluding hydrogens is 526 g/mol. The Labute approximate surface area is 227 Å². The summed E-state index contributed by atoms with van der Waals surface area (Å²) >= 11 is 3.60. The molecule has 8 rings (SSSR count). The largest absolute Gasteiger partial charge is 0.497 e. The van der Waals surface area contributed by atoms with E-state index in [0.717, 1.165) is 81.9 Å². The average Bonchev–Trinajstić information content (AvgIpc) is 2.91. The number of fused-ring (bicyclic) bond motifs is 1. The van der Waals surface area contributed by atoms with Crippen molar-refractivity contribution in [3.05, 3.63) is 58.6 Å². The van der Waals surface area contributed by atoms with E-state index in [1.807, 2.05) is 48.5 Å². The average molecular weight is 561 g/mol. The van der Waals surface area contributed by atoms with Gasteiger partial charge in [-0.1, -0.05) is 15.9 Å². The first-order chi connectivity index (χ1) is 18.0. The molecule has 0 unspecified atom stereocenters. The van der Waals surface area contributed by atoms with Gasteiger partial charge in [-0.3, -0.25) is 9.69 Å². The second-order valence-electron chi connectivity index (χ2n) is 11.9. The van der Waals surface area contributed by atoms with E-state index in [2.05, 4.69) is 25.7 Å². The number of ether oxygens (including phenoxy) is 1. The van der Waals surface area contributed by atoms with Gasteiger partial charge in [0.1, 0.15) is 5.75 Å². The molecule has 1 aliphatic heterocycles. The zero-order valence-corrected chi connectivity index (χ0v) is 23.0. The van der Waals surface area contributed by atoms with Crippen molar-refractivity contribution in [1.82, 2.24) is 14.8 Å². The van der Waals surface area contributed by atoms with Gasteiger partial charge in [-0.2, -0.15) is 0 Å². The first-order valence-corrected chi connectivity index (χ1v) is 14.6. The molecule has 0 spiro atoms. The summed E-state index contributed by atoms with van der Waals surface area (Å²) in [5, 5.41) is 0.903. The topological polar surface area (TPSA) is 45.7 Å². The SMILES string of the molecule is COc1ccc(-c2cc(C(=O)N3CCN(C45CC6CC(CC(C6)C4)C5)CC3)c3cc(Br)ccc3n2)cc1. The predicted molar refractivity (Wildman–Crippen MR) is 150 cm³/mol. The number of halogens is 1. The van der Waals surface area contributed by atoms with Gasteiger partial charge >= 0.3 is 0 Å². The van der Waals surface area contributed by atoms with Gasteiger partial charge in [0.25, 0.3) is 5.91 Å². The van der Waals surface area contributed by atoms with Gasteiger partial charge in [-0.25, -0.2) is 4.98 Å². The third-order valence-corrected chi connectivity index (χ3v) is 10.1. The molecule has 5 aliphatic rings. The molecule has 37 heavy (non-hydrogen) atoms. The van der Waals surface area contributed by atoms with E-state index in [0.29, 0.717) is 5.54 Å². The number of hydrogen-bond acceptors (Lipinski definition) is 4. The second-order valence-corrected chi connectivity index (χ2v) is 12.8. The van der Waals surface area contributed by atoms with Crippen LogP contribution in [0.1, 0.15) is 48.9 Å². The Morgan fingerprint density at radius 3 is 2.19 bits per heavy atom. The van der Waals surface area contributed by atoms with Crippen molar-refractivity contribution in [2.45, 2.75) is 44.1 Å². The first-order valence-electron chi connectivity index (χ1n) is 13.8. The molecule has 2 heterocycles. The lowest BCUT2D eigenvalue weighted by Gasteiger charge is -2.61. The summed E-state index contributed by atoms with van der Waals surface area (Å²) in [5.74, 6) is 3.77.